The van der Waals surface area contributed by atoms with Crippen molar-refractivity contribution in [1.82, 2.24) is 5.16 Å². The zero-order valence-corrected chi connectivity index (χ0v) is 9.23. The van der Waals surface area contributed by atoms with Crippen molar-refractivity contribution < 1.29 is 26.8 Å². The Balaban J connectivity index is 0.00000128. The third-order valence-corrected chi connectivity index (χ3v) is 2.12. The second-order valence-corrected chi connectivity index (χ2v) is 3.13. The number of rotatable bonds is 2. The maximum atomic E-state index is 11.0. The van der Waals surface area contributed by atoms with Crippen LogP contribution in [0.25, 0.3) is 11.3 Å². The molecule has 0 bridgehead atoms. The predicted molar refractivity (Wildman–Crippen MR) is 53.6 cm³/mol. The third kappa shape index (κ3) is 2.06. The number of halogens is 1. The molecular weight excluding hydrogens is 230 g/mol. The monoisotopic (exact) mass is 238 g/mol. The topological polar surface area (TPSA) is 63.3 Å². The van der Waals surface area contributed by atoms with E-state index in [0.29, 0.717) is 11.5 Å². The Labute approximate surface area is 98.3 Å². The summed E-state index contributed by atoms with van der Waals surface area (Å²) in [4.78, 5) is 11.0. The lowest BCUT2D eigenvalue weighted by Gasteiger charge is -1.96. The van der Waals surface area contributed by atoms with E-state index in [0.717, 1.165) is 5.56 Å². The summed E-state index contributed by atoms with van der Waals surface area (Å²) < 4.78 is 4.88. The van der Waals surface area contributed by atoms with Gasteiger partial charge in [0, 0.05) is 5.56 Å². The lowest BCUT2D eigenvalue weighted by molar-refractivity contribution is -0.0000197. The van der Waals surface area contributed by atoms with Crippen LogP contribution in [-0.2, 0) is 0 Å². The van der Waals surface area contributed by atoms with Gasteiger partial charge in [0.05, 0.1) is 0 Å². The Morgan fingerprint density at radius 1 is 1.31 bits per heavy atom. The fraction of sp³-hybridized carbons (Fsp3) is 0.0909. The number of nitrogens with zero attached hydrogens (tertiary/aromatic N) is 1. The Morgan fingerprint density at radius 3 is 2.50 bits per heavy atom. The van der Waals surface area contributed by atoms with Crippen LogP contribution >= 0.6 is 0 Å². The fourth-order valence-electron chi connectivity index (χ4n) is 1.42. The molecule has 84 valence electrons. The van der Waals surface area contributed by atoms with Crippen LogP contribution in [0.3, 0.4) is 0 Å². The van der Waals surface area contributed by atoms with E-state index < -0.39 is 5.97 Å². The van der Waals surface area contributed by atoms with Gasteiger partial charge in [0.25, 0.3) is 0 Å². The summed E-state index contributed by atoms with van der Waals surface area (Å²) in [6.07, 6.45) is 0. The van der Waals surface area contributed by atoms with Crippen molar-refractivity contribution in [2.24, 2.45) is 0 Å². The second kappa shape index (κ2) is 4.81. The molecule has 1 heterocycles. The molecule has 0 saturated heterocycles. The minimum atomic E-state index is -1.02. The number of hydrogen-bond acceptors (Lipinski definition) is 3. The highest BCUT2D eigenvalue weighted by Crippen LogP contribution is 2.24. The highest BCUT2D eigenvalue weighted by atomic mass is 35.5. The molecule has 0 saturated carbocycles. The first-order valence-electron chi connectivity index (χ1n) is 4.45. The van der Waals surface area contributed by atoms with E-state index in [1.54, 1.807) is 19.1 Å². The van der Waals surface area contributed by atoms with Crippen molar-refractivity contribution in [2.45, 2.75) is 6.92 Å². The lowest BCUT2D eigenvalue weighted by Crippen LogP contribution is -3.00. The van der Waals surface area contributed by atoms with Crippen molar-refractivity contribution >= 4 is 5.97 Å². The van der Waals surface area contributed by atoms with Gasteiger partial charge < -0.3 is 22.0 Å². The molecule has 0 aliphatic heterocycles. The Bertz CT molecular complexity index is 493. The molecular formula is C11H9ClNO3-. The van der Waals surface area contributed by atoms with Crippen molar-refractivity contribution in [1.29, 1.82) is 0 Å². The second-order valence-electron chi connectivity index (χ2n) is 3.13. The highest BCUT2D eigenvalue weighted by molar-refractivity contribution is 5.95. The SMILES string of the molecule is Cc1onc(-c2ccccc2)c1C(=O)O.[Cl-]. The van der Waals surface area contributed by atoms with Gasteiger partial charge in [-0.1, -0.05) is 35.5 Å². The maximum absolute atomic E-state index is 11.0. The summed E-state index contributed by atoms with van der Waals surface area (Å²) in [5, 5.41) is 12.7. The van der Waals surface area contributed by atoms with E-state index in [-0.39, 0.29) is 18.0 Å². The lowest BCUT2D eigenvalue weighted by atomic mass is 10.1. The quantitative estimate of drug-likeness (QED) is 0.756. The molecule has 0 aliphatic rings. The standard InChI is InChI=1S/C11H9NO3.ClH/c1-7-9(11(13)14)10(12-15-7)8-5-3-2-4-6-8;/h2-6H,1H3,(H,13,14);1H/p-1. The van der Waals surface area contributed by atoms with Gasteiger partial charge in [0.15, 0.2) is 0 Å². The van der Waals surface area contributed by atoms with Gasteiger partial charge in [-0.3, -0.25) is 0 Å². The zero-order chi connectivity index (χ0) is 10.8. The number of aromatic carboxylic acids is 1. The van der Waals surface area contributed by atoms with Gasteiger partial charge in [-0.25, -0.2) is 4.79 Å². The van der Waals surface area contributed by atoms with Crippen molar-refractivity contribution in [3.05, 3.63) is 41.7 Å². The Hall–Kier alpha value is -1.81. The molecule has 0 spiro atoms. The number of aromatic nitrogens is 1. The Kier molecular flexibility index (Phi) is 3.68. The summed E-state index contributed by atoms with van der Waals surface area (Å²) in [6, 6.07) is 9.10. The van der Waals surface area contributed by atoms with E-state index in [1.807, 2.05) is 18.2 Å². The van der Waals surface area contributed by atoms with Gasteiger partial charge in [0.2, 0.25) is 0 Å². The summed E-state index contributed by atoms with van der Waals surface area (Å²) >= 11 is 0. The van der Waals surface area contributed by atoms with Gasteiger partial charge in [0.1, 0.15) is 17.0 Å². The van der Waals surface area contributed by atoms with Crippen LogP contribution < -0.4 is 12.4 Å². The van der Waals surface area contributed by atoms with Crippen LogP contribution in [0.15, 0.2) is 34.9 Å². The van der Waals surface area contributed by atoms with Crippen molar-refractivity contribution in [2.75, 3.05) is 0 Å². The molecule has 2 aromatic rings. The maximum Gasteiger partial charge on any atom is 0.341 e. The van der Waals surface area contributed by atoms with Crippen molar-refractivity contribution in [3.63, 3.8) is 0 Å². The first-order valence-corrected chi connectivity index (χ1v) is 4.45. The molecule has 0 aliphatic carbocycles. The largest absolute Gasteiger partial charge is 1.00 e. The average molecular weight is 239 g/mol. The summed E-state index contributed by atoms with van der Waals surface area (Å²) in [5.41, 5.74) is 1.24. The van der Waals surface area contributed by atoms with E-state index in [4.69, 9.17) is 9.63 Å². The van der Waals surface area contributed by atoms with Crippen LogP contribution in [0.4, 0.5) is 0 Å². The number of benzene rings is 1. The number of carbonyl (C=O) groups is 1. The molecule has 0 amide bonds. The number of carboxylic acid groups (broad SMARTS) is 1. The molecule has 1 aromatic heterocycles. The Morgan fingerprint density at radius 2 is 1.94 bits per heavy atom. The molecule has 4 nitrogen and oxygen atoms in total. The van der Waals surface area contributed by atoms with E-state index in [9.17, 15) is 4.79 Å². The summed E-state index contributed by atoms with van der Waals surface area (Å²) in [5.74, 6) is -0.700. The van der Waals surface area contributed by atoms with E-state index >= 15 is 0 Å². The van der Waals surface area contributed by atoms with Crippen LogP contribution in [0, 0.1) is 6.92 Å². The molecule has 16 heavy (non-hydrogen) atoms. The molecule has 0 fully saturated rings. The van der Waals surface area contributed by atoms with Crippen LogP contribution in [0.1, 0.15) is 16.1 Å². The van der Waals surface area contributed by atoms with Gasteiger partial charge >= 0.3 is 5.97 Å². The van der Waals surface area contributed by atoms with E-state index in [2.05, 4.69) is 5.16 Å². The highest BCUT2D eigenvalue weighted by Gasteiger charge is 2.20. The zero-order valence-electron chi connectivity index (χ0n) is 8.48. The van der Waals surface area contributed by atoms with Crippen LogP contribution in [0.2, 0.25) is 0 Å². The molecule has 0 radical (unpaired) electrons. The number of carboxylic acids is 1. The smallest absolute Gasteiger partial charge is 0.341 e. The van der Waals surface area contributed by atoms with Crippen LogP contribution in [0.5, 0.6) is 0 Å². The number of hydrogen-bond donors (Lipinski definition) is 1. The predicted octanol–water partition coefficient (Wildman–Crippen LogP) is -0.648. The summed E-state index contributed by atoms with van der Waals surface area (Å²) in [6.45, 7) is 1.59. The minimum Gasteiger partial charge on any atom is -1.00 e. The van der Waals surface area contributed by atoms with Gasteiger partial charge in [-0.2, -0.15) is 0 Å². The van der Waals surface area contributed by atoms with E-state index in [1.165, 1.54) is 0 Å². The van der Waals surface area contributed by atoms with Gasteiger partial charge in [-0.05, 0) is 6.92 Å². The summed E-state index contributed by atoms with van der Waals surface area (Å²) in [7, 11) is 0. The number of aryl methyl sites for hydroxylation is 1. The molecule has 0 atom stereocenters. The third-order valence-electron chi connectivity index (χ3n) is 2.12. The minimum absolute atomic E-state index is 0. The van der Waals surface area contributed by atoms with Crippen molar-refractivity contribution in [3.8, 4) is 11.3 Å². The average Bonchev–Trinajstić information content (AvgIpc) is 2.61. The molecule has 1 aromatic carbocycles. The first kappa shape index (κ1) is 12.3. The fourth-order valence-corrected chi connectivity index (χ4v) is 1.42. The first-order chi connectivity index (χ1) is 7.20. The molecule has 5 heteroatoms. The van der Waals surface area contributed by atoms with Crippen LogP contribution in [-0.4, -0.2) is 16.2 Å². The normalized spacial score (nSPS) is 9.56. The van der Waals surface area contributed by atoms with Gasteiger partial charge in [-0.15, -0.1) is 0 Å². The molecule has 1 N–H and O–H groups in total. The molecule has 2 rings (SSSR count). The molecule has 0 unspecified atom stereocenters.